The Morgan fingerprint density at radius 2 is 1.61 bits per heavy atom. The third-order valence-electron chi connectivity index (χ3n) is 1.92. The molecule has 0 aliphatic carbocycles. The number of carboxylic acids is 2. The number of aliphatic carboxylic acids is 2. The topological polar surface area (TPSA) is 158 Å². The van der Waals surface area contributed by atoms with E-state index in [1.807, 2.05) is 5.32 Å². The molecule has 0 fully saturated rings. The van der Waals surface area contributed by atoms with Gasteiger partial charge in [0.05, 0.1) is 12.8 Å². The molecule has 0 aromatic carbocycles. The molecule has 0 aliphatic rings. The van der Waals surface area contributed by atoms with Crippen molar-refractivity contribution >= 4 is 28.0 Å². The summed E-state index contributed by atoms with van der Waals surface area (Å²) in [5.74, 6) is -3.38. The lowest BCUT2D eigenvalue weighted by Gasteiger charge is -2.12. The molecular formula is C8H13NO8S. The number of hydrogen-bond acceptors (Lipinski definition) is 5. The average Bonchev–Trinajstić information content (AvgIpc) is 2.19. The van der Waals surface area contributed by atoms with Crippen LogP contribution < -0.4 is 5.32 Å². The first-order chi connectivity index (χ1) is 8.12. The van der Waals surface area contributed by atoms with Crippen LogP contribution in [0.15, 0.2) is 0 Å². The fourth-order valence-corrected chi connectivity index (χ4v) is 1.66. The molecule has 10 heteroatoms. The van der Waals surface area contributed by atoms with Gasteiger partial charge >= 0.3 is 11.9 Å². The smallest absolute Gasteiger partial charge is 0.304 e. The van der Waals surface area contributed by atoms with E-state index >= 15 is 0 Å². The van der Waals surface area contributed by atoms with E-state index in [0.29, 0.717) is 0 Å². The van der Waals surface area contributed by atoms with Gasteiger partial charge in [-0.3, -0.25) is 18.9 Å². The zero-order valence-corrected chi connectivity index (χ0v) is 10.0. The van der Waals surface area contributed by atoms with Gasteiger partial charge in [0.1, 0.15) is 5.25 Å². The lowest BCUT2D eigenvalue weighted by Crippen LogP contribution is -2.38. The van der Waals surface area contributed by atoms with Crippen molar-refractivity contribution in [2.45, 2.75) is 24.5 Å². The Bertz CT molecular complexity index is 428. The zero-order chi connectivity index (χ0) is 14.3. The number of rotatable bonds is 8. The van der Waals surface area contributed by atoms with Crippen LogP contribution in [0.1, 0.15) is 19.3 Å². The van der Waals surface area contributed by atoms with Crippen molar-refractivity contribution in [1.29, 1.82) is 0 Å². The van der Waals surface area contributed by atoms with Gasteiger partial charge in [0.2, 0.25) is 5.91 Å². The van der Waals surface area contributed by atoms with Crippen LogP contribution >= 0.6 is 0 Å². The standard InChI is InChI=1S/C8H13NO8S/c10-6(1-2-7(11)12)9-4-5(3-8(13)14)18(15,16)17/h5H,1-4H2,(H,9,10)(H,11,12)(H,13,14)(H,15,16,17). The van der Waals surface area contributed by atoms with Gasteiger partial charge in [0.25, 0.3) is 10.1 Å². The van der Waals surface area contributed by atoms with Crippen molar-refractivity contribution in [3.05, 3.63) is 0 Å². The van der Waals surface area contributed by atoms with Gasteiger partial charge in [-0.05, 0) is 0 Å². The van der Waals surface area contributed by atoms with Crippen molar-refractivity contribution in [3.8, 4) is 0 Å². The van der Waals surface area contributed by atoms with Crippen LogP contribution in [0, 0.1) is 0 Å². The third-order valence-corrected chi connectivity index (χ3v) is 3.09. The van der Waals surface area contributed by atoms with Crippen LogP contribution in [0.5, 0.6) is 0 Å². The number of carbonyl (C=O) groups is 3. The Balaban J connectivity index is 4.31. The van der Waals surface area contributed by atoms with Gasteiger partial charge < -0.3 is 15.5 Å². The summed E-state index contributed by atoms with van der Waals surface area (Å²) in [6.45, 7) is -0.594. The first-order valence-corrected chi connectivity index (χ1v) is 6.30. The largest absolute Gasteiger partial charge is 0.481 e. The third kappa shape index (κ3) is 7.57. The van der Waals surface area contributed by atoms with Crippen LogP contribution in [0.3, 0.4) is 0 Å². The Labute approximate surface area is 103 Å². The van der Waals surface area contributed by atoms with Crippen LogP contribution in [0.25, 0.3) is 0 Å². The second-order valence-electron chi connectivity index (χ2n) is 3.43. The second-order valence-corrected chi connectivity index (χ2v) is 5.13. The van der Waals surface area contributed by atoms with Crippen LogP contribution in [-0.2, 0) is 24.5 Å². The highest BCUT2D eigenvalue weighted by Crippen LogP contribution is 2.03. The summed E-state index contributed by atoms with van der Waals surface area (Å²) < 4.78 is 30.3. The maximum atomic E-state index is 11.1. The van der Waals surface area contributed by atoms with E-state index in [1.165, 1.54) is 0 Å². The maximum Gasteiger partial charge on any atom is 0.304 e. The van der Waals surface area contributed by atoms with Crippen molar-refractivity contribution in [2.75, 3.05) is 6.54 Å². The van der Waals surface area contributed by atoms with E-state index in [9.17, 15) is 22.8 Å². The van der Waals surface area contributed by atoms with Gasteiger partial charge in [-0.1, -0.05) is 0 Å². The van der Waals surface area contributed by atoms with Gasteiger partial charge in [-0.15, -0.1) is 0 Å². The predicted octanol–water partition coefficient (Wildman–Crippen LogP) is -1.30. The van der Waals surface area contributed by atoms with Crippen molar-refractivity contribution in [3.63, 3.8) is 0 Å². The van der Waals surface area contributed by atoms with E-state index in [-0.39, 0.29) is 6.42 Å². The highest BCUT2D eigenvalue weighted by Gasteiger charge is 2.26. The maximum absolute atomic E-state index is 11.1. The molecule has 0 aromatic rings. The number of nitrogens with one attached hydrogen (secondary N) is 1. The van der Waals surface area contributed by atoms with Crippen molar-refractivity contribution in [1.82, 2.24) is 5.32 Å². The average molecular weight is 283 g/mol. The summed E-state index contributed by atoms with van der Waals surface area (Å²) in [5, 5.41) is 17.1. The van der Waals surface area contributed by atoms with E-state index in [0.717, 1.165) is 0 Å². The number of carbonyl (C=O) groups excluding carboxylic acids is 1. The van der Waals surface area contributed by atoms with Crippen LogP contribution in [0.2, 0.25) is 0 Å². The second kappa shape index (κ2) is 6.91. The summed E-state index contributed by atoms with van der Waals surface area (Å²) >= 11 is 0. The highest BCUT2D eigenvalue weighted by atomic mass is 32.2. The molecule has 104 valence electrons. The van der Waals surface area contributed by atoms with Crippen molar-refractivity contribution in [2.24, 2.45) is 0 Å². The predicted molar refractivity (Wildman–Crippen MR) is 57.5 cm³/mol. The quantitative estimate of drug-likeness (QED) is 0.400. The van der Waals surface area contributed by atoms with E-state index in [4.69, 9.17) is 14.8 Å². The minimum Gasteiger partial charge on any atom is -0.481 e. The Morgan fingerprint density at radius 1 is 1.06 bits per heavy atom. The molecule has 9 nitrogen and oxygen atoms in total. The first kappa shape index (κ1) is 16.3. The van der Waals surface area contributed by atoms with E-state index < -0.39 is 52.6 Å². The summed E-state index contributed by atoms with van der Waals surface area (Å²) in [5.41, 5.74) is 0. The Hall–Kier alpha value is -1.68. The van der Waals surface area contributed by atoms with Crippen molar-refractivity contribution < 1.29 is 37.6 Å². The minimum absolute atomic E-state index is 0.361. The van der Waals surface area contributed by atoms with Gasteiger partial charge in [-0.2, -0.15) is 8.42 Å². The normalized spacial score (nSPS) is 12.7. The van der Waals surface area contributed by atoms with E-state index in [1.54, 1.807) is 0 Å². The molecule has 0 saturated carbocycles. The monoisotopic (exact) mass is 283 g/mol. The fourth-order valence-electron chi connectivity index (χ4n) is 1.01. The molecule has 0 bridgehead atoms. The fraction of sp³-hybridized carbons (Fsp3) is 0.625. The number of carboxylic acid groups (broad SMARTS) is 2. The molecule has 0 aliphatic heterocycles. The molecule has 1 unspecified atom stereocenters. The first-order valence-electron chi connectivity index (χ1n) is 4.79. The molecular weight excluding hydrogens is 270 g/mol. The summed E-state index contributed by atoms with van der Waals surface area (Å²) in [4.78, 5) is 31.6. The Kier molecular flexibility index (Phi) is 6.27. The summed E-state index contributed by atoms with van der Waals surface area (Å²) in [7, 11) is -4.60. The van der Waals surface area contributed by atoms with Crippen LogP contribution in [0.4, 0.5) is 0 Å². The molecule has 0 radical (unpaired) electrons. The van der Waals surface area contributed by atoms with Crippen LogP contribution in [-0.4, -0.2) is 52.8 Å². The number of hydrogen-bond donors (Lipinski definition) is 4. The zero-order valence-electron chi connectivity index (χ0n) is 9.20. The summed E-state index contributed by atoms with van der Waals surface area (Å²) in [6, 6.07) is 0. The SMILES string of the molecule is O=C(O)CCC(=O)NCC(CC(=O)O)S(=O)(=O)O. The highest BCUT2D eigenvalue weighted by molar-refractivity contribution is 7.86. The molecule has 1 atom stereocenters. The Morgan fingerprint density at radius 3 is 2.00 bits per heavy atom. The molecule has 0 heterocycles. The molecule has 4 N–H and O–H groups in total. The molecule has 0 aromatic heterocycles. The molecule has 0 rings (SSSR count). The molecule has 0 saturated heterocycles. The molecule has 18 heavy (non-hydrogen) atoms. The molecule has 0 spiro atoms. The minimum atomic E-state index is -4.60. The van der Waals surface area contributed by atoms with E-state index in [2.05, 4.69) is 0 Å². The van der Waals surface area contributed by atoms with Gasteiger partial charge in [0, 0.05) is 13.0 Å². The number of amides is 1. The molecule has 1 amide bonds. The lowest BCUT2D eigenvalue weighted by molar-refractivity contribution is -0.138. The van der Waals surface area contributed by atoms with Gasteiger partial charge in [-0.25, -0.2) is 0 Å². The van der Waals surface area contributed by atoms with Gasteiger partial charge in [0.15, 0.2) is 0 Å². The lowest BCUT2D eigenvalue weighted by atomic mass is 10.2. The summed E-state index contributed by atoms with van der Waals surface area (Å²) in [6.07, 6.45) is -1.65.